The van der Waals surface area contributed by atoms with Gasteiger partial charge < -0.3 is 29.0 Å². The fourth-order valence-corrected chi connectivity index (χ4v) is 8.14. The number of aliphatic hydroxyl groups excluding tert-OH is 1. The van der Waals surface area contributed by atoms with Crippen LogP contribution in [0, 0.1) is 0 Å². The number of hydrogen-bond acceptors (Lipinski definition) is 10. The fourth-order valence-electron chi connectivity index (χ4n) is 7.13. The molecule has 4 rings (SSSR count). The molecule has 3 aliphatic rings. The molecule has 0 saturated carbocycles. The molecule has 1 aromatic carbocycles. The van der Waals surface area contributed by atoms with Crippen LogP contribution in [0.3, 0.4) is 0 Å². The van der Waals surface area contributed by atoms with Gasteiger partial charge in [0.1, 0.15) is 24.7 Å². The van der Waals surface area contributed by atoms with Crippen molar-refractivity contribution in [1.82, 2.24) is 4.58 Å². The van der Waals surface area contributed by atoms with Gasteiger partial charge in [-0.15, -0.1) is 0 Å². The van der Waals surface area contributed by atoms with Gasteiger partial charge in [0.2, 0.25) is 5.36 Å². The summed E-state index contributed by atoms with van der Waals surface area (Å²) >= 11 is 0. The first-order valence-corrected chi connectivity index (χ1v) is 21.9. The number of hydrogen-bond donors (Lipinski definition) is 4. The van der Waals surface area contributed by atoms with Crippen LogP contribution in [-0.2, 0) is 45.3 Å². The van der Waals surface area contributed by atoms with Crippen LogP contribution in [0.4, 0.5) is 5.69 Å². The van der Waals surface area contributed by atoms with Crippen molar-refractivity contribution in [2.45, 2.75) is 81.9 Å². The van der Waals surface area contributed by atoms with E-state index in [4.69, 9.17) is 24.1 Å². The number of methoxy groups -OCH3 is 2. The average Bonchev–Trinajstić information content (AvgIpc) is 3.36. The standard InChI is InChI=1S/C40H54N2O11S2.CH4O/c1-39(2,3)33-27-30(53-36-26-29(15-17-32(33)36)41(21-23-51-5)22-24-52-6)12-10-13-37-40(4,19-11-25-54(45,46)47)34-28-31(55(48,49)50)16-18-35(34)42(37)20-9-7-8-14-38(43)44;1-2/h10,12-13,15-18,26-28H,7-9,11,14,19-25H2,1-6H3,(H2-,43,44,45,46,47,48,49,50);2H,1H3/p+1. The van der Waals surface area contributed by atoms with E-state index >= 15 is 0 Å². The summed E-state index contributed by atoms with van der Waals surface area (Å²) in [6.45, 7) is 11.2. The Bertz CT molecular complexity index is 2140. The topological polar surface area (TPSA) is 204 Å². The second kappa shape index (κ2) is 20.7. The number of ether oxygens (including phenoxy) is 2. The molecule has 0 amide bonds. The summed E-state index contributed by atoms with van der Waals surface area (Å²) in [7, 11) is -4.51. The van der Waals surface area contributed by atoms with Crippen LogP contribution in [0.1, 0.15) is 83.1 Å². The third-order valence-corrected chi connectivity index (χ3v) is 11.6. The zero-order valence-corrected chi connectivity index (χ0v) is 35.7. The van der Waals surface area contributed by atoms with Gasteiger partial charge in [-0.2, -0.15) is 16.8 Å². The van der Waals surface area contributed by atoms with Crippen LogP contribution in [0.2, 0.25) is 0 Å². The van der Waals surface area contributed by atoms with Gasteiger partial charge in [-0.1, -0.05) is 33.3 Å². The number of carbonyl (C=O) groups is 1. The first kappa shape index (κ1) is 47.5. The summed E-state index contributed by atoms with van der Waals surface area (Å²) in [5, 5.41) is 17.1. The van der Waals surface area contributed by atoms with Crippen molar-refractivity contribution >= 4 is 38.0 Å². The number of anilines is 1. The molecule has 1 aromatic rings. The highest BCUT2D eigenvalue weighted by Crippen LogP contribution is 2.51. The minimum Gasteiger partial charge on any atom is -0.481 e. The Kier molecular flexibility index (Phi) is 17.2. The number of allylic oxidation sites excluding steroid dienone is 3. The smallest absolute Gasteiger partial charge is 0.303 e. The first-order chi connectivity index (χ1) is 26.8. The minimum atomic E-state index is -4.56. The third kappa shape index (κ3) is 13.1. The monoisotopic (exact) mass is 835 g/mol. The molecule has 0 fully saturated rings. The van der Waals surface area contributed by atoms with Crippen molar-refractivity contribution < 1.29 is 54.8 Å². The van der Waals surface area contributed by atoms with E-state index < -0.39 is 37.4 Å². The number of aliphatic carboxylic acids is 1. The SMILES string of the molecule is CO.COCC[N+](CCOC)=c1ccc2c(C(C)(C)C)cc(/C=C/C=C3/N(CCCCCC(=O)O)c4ccc(S(=O)(=O)O)cc4C3(C)CCCS(=O)(=O)O)oc-2c1. The van der Waals surface area contributed by atoms with E-state index in [1.54, 1.807) is 20.3 Å². The Balaban J connectivity index is 0.00000428. The van der Waals surface area contributed by atoms with Crippen LogP contribution in [0.15, 0.2) is 69.6 Å². The molecule has 57 heavy (non-hydrogen) atoms. The number of aliphatic hydroxyl groups is 1. The molecule has 1 unspecified atom stereocenters. The predicted octanol–water partition coefficient (Wildman–Crippen LogP) is 5.59. The van der Waals surface area contributed by atoms with Crippen molar-refractivity contribution in [2.24, 2.45) is 0 Å². The molecule has 14 nitrogen and oxygen atoms in total. The Morgan fingerprint density at radius 2 is 1.60 bits per heavy atom. The highest BCUT2D eigenvalue weighted by Gasteiger charge is 2.43. The lowest BCUT2D eigenvalue weighted by molar-refractivity contribution is -0.137. The van der Waals surface area contributed by atoms with Crippen LogP contribution in [-0.4, -0.2) is 102 Å². The Hall–Kier alpha value is -3.90. The maximum Gasteiger partial charge on any atom is 0.303 e. The van der Waals surface area contributed by atoms with Gasteiger partial charge in [-0.05, 0) is 91.6 Å². The first-order valence-electron chi connectivity index (χ1n) is 18.8. The predicted molar refractivity (Wildman–Crippen MR) is 221 cm³/mol. The number of unbranched alkanes of at least 4 members (excludes halogenated alkanes) is 2. The molecule has 2 aliphatic heterocycles. The minimum absolute atomic E-state index is 0.0404. The van der Waals surface area contributed by atoms with Gasteiger partial charge in [0.15, 0.2) is 13.1 Å². The lowest BCUT2D eigenvalue weighted by Crippen LogP contribution is -2.35. The van der Waals surface area contributed by atoms with E-state index in [1.807, 2.05) is 42.2 Å². The van der Waals surface area contributed by atoms with Crippen LogP contribution >= 0.6 is 0 Å². The van der Waals surface area contributed by atoms with Crippen molar-refractivity contribution in [1.29, 1.82) is 0 Å². The van der Waals surface area contributed by atoms with Crippen LogP contribution < -0.4 is 14.8 Å². The number of carboxylic acids is 1. The van der Waals surface area contributed by atoms with E-state index in [0.717, 1.165) is 29.3 Å². The van der Waals surface area contributed by atoms with Gasteiger partial charge in [0, 0.05) is 62.7 Å². The fraction of sp³-hybridized carbons (Fsp3) is 0.512. The molecule has 1 aliphatic carbocycles. The molecule has 4 N–H and O–H groups in total. The molecule has 2 heterocycles. The summed E-state index contributed by atoms with van der Waals surface area (Å²) in [5.41, 5.74) is 2.89. The Labute approximate surface area is 337 Å². The van der Waals surface area contributed by atoms with E-state index in [0.29, 0.717) is 74.9 Å². The molecule has 0 spiro atoms. The summed E-state index contributed by atoms with van der Waals surface area (Å²) in [4.78, 5) is 12.9. The summed E-state index contributed by atoms with van der Waals surface area (Å²) in [5.74, 6) is -0.0814. The quantitative estimate of drug-likeness (QED) is 0.0662. The normalized spacial score (nSPS) is 16.6. The van der Waals surface area contributed by atoms with E-state index in [1.165, 1.54) is 12.1 Å². The average molecular weight is 836 g/mol. The molecule has 0 aromatic heterocycles. The zero-order valence-electron chi connectivity index (χ0n) is 34.0. The number of benzene rings is 2. The van der Waals surface area contributed by atoms with Crippen molar-refractivity contribution in [2.75, 3.05) is 64.8 Å². The van der Waals surface area contributed by atoms with Crippen molar-refractivity contribution in [3.63, 3.8) is 0 Å². The van der Waals surface area contributed by atoms with Gasteiger partial charge in [0.05, 0.1) is 16.7 Å². The Morgan fingerprint density at radius 1 is 0.930 bits per heavy atom. The maximum absolute atomic E-state index is 12.3. The van der Waals surface area contributed by atoms with E-state index in [2.05, 4.69) is 37.5 Å². The molecular formula is C41H59N2O12S2+. The Morgan fingerprint density at radius 3 is 2.18 bits per heavy atom. The number of fused-ring (bicyclic) bond motifs is 2. The zero-order chi connectivity index (χ0) is 42.6. The lowest BCUT2D eigenvalue weighted by Gasteiger charge is -2.30. The molecule has 0 radical (unpaired) electrons. The molecule has 316 valence electrons. The van der Waals surface area contributed by atoms with Gasteiger partial charge >= 0.3 is 5.97 Å². The summed E-state index contributed by atoms with van der Waals surface area (Å²) < 4.78 is 86.9. The summed E-state index contributed by atoms with van der Waals surface area (Å²) in [6, 6.07) is 12.5. The van der Waals surface area contributed by atoms with Crippen molar-refractivity contribution in [3.05, 3.63) is 82.6 Å². The number of rotatable bonds is 19. The lowest BCUT2D eigenvalue weighted by atomic mass is 9.77. The van der Waals surface area contributed by atoms with Gasteiger partial charge in [-0.25, -0.2) is 4.58 Å². The molecule has 16 heteroatoms. The third-order valence-electron chi connectivity index (χ3n) is 9.95. The van der Waals surface area contributed by atoms with Crippen LogP contribution in [0.25, 0.3) is 17.4 Å². The molecule has 0 saturated heterocycles. The number of nitrogens with zero attached hydrogens (tertiary/aromatic N) is 2. The highest BCUT2D eigenvalue weighted by atomic mass is 32.2. The van der Waals surface area contributed by atoms with Crippen molar-refractivity contribution in [3.8, 4) is 11.3 Å². The van der Waals surface area contributed by atoms with E-state index in [-0.39, 0.29) is 29.6 Å². The van der Waals surface area contributed by atoms with Gasteiger partial charge in [-0.3, -0.25) is 13.9 Å². The summed E-state index contributed by atoms with van der Waals surface area (Å²) in [6.07, 6.45) is 7.65. The van der Waals surface area contributed by atoms with Crippen LogP contribution in [0.5, 0.6) is 0 Å². The largest absolute Gasteiger partial charge is 0.481 e. The highest BCUT2D eigenvalue weighted by molar-refractivity contribution is 7.86. The number of carboxylic acid groups (broad SMARTS) is 1. The molecule has 1 atom stereocenters. The maximum atomic E-state index is 12.3. The molecule has 0 bridgehead atoms. The second-order valence-corrected chi connectivity index (χ2v) is 18.1. The molecular weight excluding hydrogens is 777 g/mol. The van der Waals surface area contributed by atoms with E-state index in [9.17, 15) is 30.7 Å². The second-order valence-electron chi connectivity index (χ2n) is 15.1. The van der Waals surface area contributed by atoms with Gasteiger partial charge in [0.25, 0.3) is 20.2 Å².